The van der Waals surface area contributed by atoms with Crippen LogP contribution >= 0.6 is 0 Å². The number of halogens is 3. The van der Waals surface area contributed by atoms with E-state index in [0.717, 1.165) is 11.1 Å². The van der Waals surface area contributed by atoms with E-state index in [-0.39, 0.29) is 18.0 Å². The van der Waals surface area contributed by atoms with Gasteiger partial charge in [-0.05, 0) is 42.8 Å². The predicted molar refractivity (Wildman–Crippen MR) is 135 cm³/mol. The molecule has 0 aliphatic carbocycles. The van der Waals surface area contributed by atoms with Crippen LogP contribution in [0.5, 0.6) is 5.75 Å². The molecule has 12 heteroatoms. The molecule has 9 nitrogen and oxygen atoms in total. The highest BCUT2D eigenvalue weighted by Gasteiger charge is 2.46. The van der Waals surface area contributed by atoms with Crippen LogP contribution < -0.4 is 4.74 Å². The minimum atomic E-state index is -4.75. The number of oxime groups is 1. The molecule has 0 bridgehead atoms. The van der Waals surface area contributed by atoms with Crippen LogP contribution in [0.2, 0.25) is 0 Å². The van der Waals surface area contributed by atoms with Gasteiger partial charge in [-0.1, -0.05) is 29.4 Å². The van der Waals surface area contributed by atoms with Gasteiger partial charge in [-0.25, -0.2) is 9.97 Å². The lowest BCUT2D eigenvalue weighted by Gasteiger charge is -2.42. The summed E-state index contributed by atoms with van der Waals surface area (Å²) in [6.45, 7) is 1.86. The molecule has 2 aromatic carbocycles. The van der Waals surface area contributed by atoms with Crippen LogP contribution in [-0.2, 0) is 23.8 Å². The van der Waals surface area contributed by atoms with Crippen molar-refractivity contribution < 1.29 is 41.7 Å². The second-order valence-corrected chi connectivity index (χ2v) is 8.61. The fourth-order valence-corrected chi connectivity index (χ4v) is 4.25. The fraction of sp³-hybridized carbons (Fsp3) is 0.370. The van der Waals surface area contributed by atoms with Gasteiger partial charge < -0.3 is 28.5 Å². The summed E-state index contributed by atoms with van der Waals surface area (Å²) in [7, 11) is 4.70. The van der Waals surface area contributed by atoms with Crippen molar-refractivity contribution in [3.8, 4) is 28.4 Å². The van der Waals surface area contributed by atoms with Crippen molar-refractivity contribution in [2.24, 2.45) is 5.16 Å². The maximum Gasteiger partial charge on any atom is 0.573 e. The smallest absolute Gasteiger partial charge is 0.406 e. The van der Waals surface area contributed by atoms with E-state index in [1.807, 2.05) is 31.2 Å². The molecule has 0 radical (unpaired) electrons. The first-order chi connectivity index (χ1) is 18.7. The quantitative estimate of drug-likeness (QED) is 0.277. The van der Waals surface area contributed by atoms with E-state index in [1.165, 1.54) is 37.6 Å². The number of methoxy groups -OCH3 is 3. The molecule has 1 aromatic heterocycles. The Morgan fingerprint density at radius 1 is 0.846 bits per heavy atom. The van der Waals surface area contributed by atoms with Gasteiger partial charge >= 0.3 is 6.36 Å². The number of hydrogen-bond acceptors (Lipinski definition) is 9. The second-order valence-electron chi connectivity index (χ2n) is 8.61. The van der Waals surface area contributed by atoms with Crippen molar-refractivity contribution >= 4 is 6.21 Å². The third-order valence-corrected chi connectivity index (χ3v) is 6.12. The Bertz CT molecular complexity index is 1240. The standard InChI is InChI=1S/C27H28F3N3O6/c1-16-22(34-2)23(35-3)24(36-4)26(37-16)39-32-15-17-5-7-19(8-6-17)25-31-14-13-21(33-25)18-9-11-20(12-10-18)38-27(28,29)30/h5-16,22-24,26H,1-4H3/b32-15+/t16-,22-,23+,24+,26-/m0/s1. The van der Waals surface area contributed by atoms with Gasteiger partial charge in [0.25, 0.3) is 6.29 Å². The van der Waals surface area contributed by atoms with Gasteiger partial charge in [-0.15, -0.1) is 13.2 Å². The molecule has 0 N–H and O–H groups in total. The fourth-order valence-electron chi connectivity index (χ4n) is 4.25. The van der Waals surface area contributed by atoms with E-state index >= 15 is 0 Å². The molecule has 3 aromatic rings. The molecular formula is C27H28F3N3O6. The molecule has 1 saturated heterocycles. The third kappa shape index (κ3) is 7.09. The molecule has 1 aliphatic heterocycles. The molecule has 4 rings (SSSR count). The normalized spacial score (nSPS) is 23.6. The lowest BCUT2D eigenvalue weighted by Crippen LogP contribution is -2.59. The van der Waals surface area contributed by atoms with E-state index in [9.17, 15) is 13.2 Å². The Hall–Kier alpha value is -3.58. The minimum Gasteiger partial charge on any atom is -0.406 e. The van der Waals surface area contributed by atoms with Gasteiger partial charge in [-0.2, -0.15) is 0 Å². The monoisotopic (exact) mass is 547 g/mol. The van der Waals surface area contributed by atoms with Crippen molar-refractivity contribution in [3.63, 3.8) is 0 Å². The maximum absolute atomic E-state index is 12.4. The molecule has 1 fully saturated rings. The molecular weight excluding hydrogens is 519 g/mol. The molecule has 0 unspecified atom stereocenters. The van der Waals surface area contributed by atoms with Gasteiger partial charge in [0.2, 0.25) is 0 Å². The molecule has 0 spiro atoms. The molecule has 1 aliphatic rings. The van der Waals surface area contributed by atoms with Gasteiger partial charge in [0.1, 0.15) is 18.0 Å². The number of hydrogen-bond donors (Lipinski definition) is 0. The van der Waals surface area contributed by atoms with Crippen LogP contribution in [0.25, 0.3) is 22.6 Å². The number of rotatable bonds is 9. The number of benzene rings is 2. The largest absolute Gasteiger partial charge is 0.573 e. The van der Waals surface area contributed by atoms with Crippen LogP contribution in [0.15, 0.2) is 65.9 Å². The predicted octanol–water partition coefficient (Wildman–Crippen LogP) is 4.85. The first-order valence-electron chi connectivity index (χ1n) is 11.9. The van der Waals surface area contributed by atoms with Crippen molar-refractivity contribution in [1.82, 2.24) is 9.97 Å². The number of aromatic nitrogens is 2. The summed E-state index contributed by atoms with van der Waals surface area (Å²) in [4.78, 5) is 14.4. The van der Waals surface area contributed by atoms with E-state index in [2.05, 4.69) is 19.9 Å². The van der Waals surface area contributed by atoms with Crippen LogP contribution in [0.3, 0.4) is 0 Å². The van der Waals surface area contributed by atoms with E-state index < -0.39 is 24.9 Å². The second kappa shape index (κ2) is 12.5. The van der Waals surface area contributed by atoms with Crippen LogP contribution in [0, 0.1) is 0 Å². The van der Waals surface area contributed by atoms with E-state index in [0.29, 0.717) is 17.1 Å². The Kier molecular flexibility index (Phi) is 9.12. The summed E-state index contributed by atoms with van der Waals surface area (Å²) in [5.74, 6) is 0.149. The van der Waals surface area contributed by atoms with Crippen molar-refractivity contribution in [1.29, 1.82) is 0 Å². The summed E-state index contributed by atoms with van der Waals surface area (Å²) in [6.07, 6.45) is -3.98. The molecule has 208 valence electrons. The molecule has 39 heavy (non-hydrogen) atoms. The van der Waals surface area contributed by atoms with Crippen LogP contribution in [0.1, 0.15) is 12.5 Å². The van der Waals surface area contributed by atoms with Gasteiger partial charge in [0, 0.05) is 38.7 Å². The Morgan fingerprint density at radius 2 is 1.49 bits per heavy atom. The zero-order chi connectivity index (χ0) is 28.0. The average Bonchev–Trinajstić information content (AvgIpc) is 2.92. The summed E-state index contributed by atoms with van der Waals surface area (Å²) in [5, 5.41) is 4.06. The van der Waals surface area contributed by atoms with Gasteiger partial charge in [0.15, 0.2) is 11.9 Å². The van der Waals surface area contributed by atoms with E-state index in [1.54, 1.807) is 26.5 Å². The molecule has 2 heterocycles. The van der Waals surface area contributed by atoms with Gasteiger partial charge in [0.05, 0.1) is 18.0 Å². The summed E-state index contributed by atoms with van der Waals surface area (Å²) >= 11 is 0. The summed E-state index contributed by atoms with van der Waals surface area (Å²) in [6, 6.07) is 14.4. The van der Waals surface area contributed by atoms with E-state index in [4.69, 9.17) is 23.8 Å². The van der Waals surface area contributed by atoms with Gasteiger partial charge in [-0.3, -0.25) is 0 Å². The first kappa shape index (κ1) is 28.4. The van der Waals surface area contributed by atoms with Crippen LogP contribution in [-0.4, -0.2) is 74.6 Å². The Morgan fingerprint density at radius 3 is 2.10 bits per heavy atom. The Labute approximate surface area is 223 Å². The zero-order valence-corrected chi connectivity index (χ0v) is 21.7. The summed E-state index contributed by atoms with van der Waals surface area (Å²) < 4.78 is 63.6. The zero-order valence-electron chi connectivity index (χ0n) is 21.7. The maximum atomic E-state index is 12.4. The first-order valence-corrected chi connectivity index (χ1v) is 11.9. The van der Waals surface area contributed by atoms with Crippen LogP contribution in [0.4, 0.5) is 13.2 Å². The minimum absolute atomic E-state index is 0.298. The lowest BCUT2D eigenvalue weighted by atomic mass is 9.99. The van der Waals surface area contributed by atoms with Crippen molar-refractivity contribution in [2.45, 2.75) is 44.0 Å². The highest BCUT2D eigenvalue weighted by molar-refractivity contribution is 5.80. The highest BCUT2D eigenvalue weighted by Crippen LogP contribution is 2.28. The van der Waals surface area contributed by atoms with Crippen molar-refractivity contribution in [3.05, 3.63) is 66.4 Å². The third-order valence-electron chi connectivity index (χ3n) is 6.12. The average molecular weight is 548 g/mol. The SMILES string of the molecule is CO[C@@H]1[C@@H](OC)[C@H](C)O[C@@H](O/N=C/c2ccc(-c3nccc(-c4ccc(OC(F)(F)F)cc4)n3)cc2)[C@@H]1OC. The highest BCUT2D eigenvalue weighted by atomic mass is 19.4. The lowest BCUT2D eigenvalue weighted by molar-refractivity contribution is -0.305. The number of alkyl halides is 3. The topological polar surface area (TPSA) is 93.5 Å². The number of nitrogens with zero attached hydrogens (tertiary/aromatic N) is 3. The van der Waals surface area contributed by atoms with Crippen molar-refractivity contribution in [2.75, 3.05) is 21.3 Å². The molecule has 0 saturated carbocycles. The molecule has 0 amide bonds. The number of ether oxygens (including phenoxy) is 5. The molecule has 5 atom stereocenters. The summed E-state index contributed by atoms with van der Waals surface area (Å²) in [5.41, 5.74) is 2.67. The Balaban J connectivity index is 1.41.